The van der Waals surface area contributed by atoms with Crippen molar-refractivity contribution in [2.45, 2.75) is 17.6 Å². The molecule has 0 radical (unpaired) electrons. The van der Waals surface area contributed by atoms with Gasteiger partial charge in [0.15, 0.2) is 0 Å². The van der Waals surface area contributed by atoms with Gasteiger partial charge in [-0.1, -0.05) is 23.8 Å². The Labute approximate surface area is 114 Å². The van der Waals surface area contributed by atoms with Crippen molar-refractivity contribution in [1.29, 1.82) is 5.26 Å². The van der Waals surface area contributed by atoms with Crippen LogP contribution in [0.25, 0.3) is 0 Å². The van der Waals surface area contributed by atoms with E-state index >= 15 is 0 Å². The van der Waals surface area contributed by atoms with Crippen LogP contribution in [0.15, 0.2) is 47.4 Å². The summed E-state index contributed by atoms with van der Waals surface area (Å²) in [7, 11) is -1.19. The summed E-state index contributed by atoms with van der Waals surface area (Å²) in [6.07, 6.45) is 0. The second-order valence-corrected chi connectivity index (χ2v) is 5.68. The van der Waals surface area contributed by atoms with Crippen molar-refractivity contribution < 1.29 is 8.60 Å². The summed E-state index contributed by atoms with van der Waals surface area (Å²) in [5.41, 5.74) is 1.78. The molecular weight excluding hydrogens is 261 g/mol. The fraction of sp³-hybridized carbons (Fsp3) is 0.133. The minimum atomic E-state index is -1.19. The molecule has 0 aromatic heterocycles. The zero-order valence-corrected chi connectivity index (χ0v) is 11.2. The first-order chi connectivity index (χ1) is 9.10. The first kappa shape index (κ1) is 13.4. The Hall–Kier alpha value is -1.99. The maximum absolute atomic E-state index is 13.2. The lowest BCUT2D eigenvalue weighted by Crippen LogP contribution is -1.98. The molecule has 4 heteroatoms. The summed E-state index contributed by atoms with van der Waals surface area (Å²) in [6.45, 7) is 1.96. The monoisotopic (exact) mass is 273 g/mol. The average Bonchev–Trinajstić information content (AvgIpc) is 2.41. The van der Waals surface area contributed by atoms with Crippen molar-refractivity contribution in [2.24, 2.45) is 0 Å². The van der Waals surface area contributed by atoms with Crippen molar-refractivity contribution in [3.63, 3.8) is 0 Å². The van der Waals surface area contributed by atoms with E-state index in [-0.39, 0.29) is 11.3 Å². The zero-order valence-electron chi connectivity index (χ0n) is 10.4. The number of hydrogen-bond donors (Lipinski definition) is 0. The van der Waals surface area contributed by atoms with E-state index in [0.717, 1.165) is 10.5 Å². The molecule has 0 saturated carbocycles. The molecule has 19 heavy (non-hydrogen) atoms. The van der Waals surface area contributed by atoms with E-state index in [9.17, 15) is 8.60 Å². The van der Waals surface area contributed by atoms with Crippen molar-refractivity contribution in [3.8, 4) is 6.07 Å². The Morgan fingerprint density at radius 1 is 1.21 bits per heavy atom. The fourth-order valence-corrected chi connectivity index (χ4v) is 2.76. The molecule has 0 N–H and O–H groups in total. The van der Waals surface area contributed by atoms with Gasteiger partial charge in [-0.3, -0.25) is 4.21 Å². The van der Waals surface area contributed by atoms with Crippen LogP contribution in [0.3, 0.4) is 0 Å². The van der Waals surface area contributed by atoms with Gasteiger partial charge in [-0.2, -0.15) is 5.26 Å². The summed E-state index contributed by atoms with van der Waals surface area (Å²) < 4.78 is 25.3. The Kier molecular flexibility index (Phi) is 4.08. The largest absolute Gasteiger partial charge is 0.254 e. The second-order valence-electron chi connectivity index (χ2n) is 4.23. The lowest BCUT2D eigenvalue weighted by Gasteiger charge is -2.04. The van der Waals surface area contributed by atoms with Crippen LogP contribution < -0.4 is 0 Å². The summed E-state index contributed by atoms with van der Waals surface area (Å²) in [6, 6.07) is 13.5. The fourth-order valence-electron chi connectivity index (χ4n) is 1.67. The smallest absolute Gasteiger partial charge is 0.140 e. The van der Waals surface area contributed by atoms with E-state index in [4.69, 9.17) is 5.26 Å². The first-order valence-corrected chi connectivity index (χ1v) is 7.05. The molecule has 2 aromatic rings. The maximum atomic E-state index is 13.2. The normalized spacial score (nSPS) is 11.8. The quantitative estimate of drug-likeness (QED) is 0.860. The van der Waals surface area contributed by atoms with Gasteiger partial charge in [-0.05, 0) is 36.8 Å². The minimum Gasteiger partial charge on any atom is -0.254 e. The van der Waals surface area contributed by atoms with Crippen LogP contribution in [-0.4, -0.2) is 4.21 Å². The van der Waals surface area contributed by atoms with Gasteiger partial charge in [0.05, 0.1) is 22.1 Å². The predicted molar refractivity (Wildman–Crippen MR) is 72.4 cm³/mol. The Balaban J connectivity index is 2.20. The van der Waals surface area contributed by atoms with E-state index in [1.165, 1.54) is 12.1 Å². The lowest BCUT2D eigenvalue weighted by atomic mass is 10.1. The number of rotatable bonds is 3. The van der Waals surface area contributed by atoms with Gasteiger partial charge in [-0.25, -0.2) is 4.39 Å². The van der Waals surface area contributed by atoms with Crippen molar-refractivity contribution in [3.05, 3.63) is 65.0 Å². The number of aryl methyl sites for hydroxylation is 1. The SMILES string of the molecule is Cc1ccc(S(=O)Cc2ccc(F)c(C#N)c2)cc1. The van der Waals surface area contributed by atoms with Crippen LogP contribution in [0.5, 0.6) is 0 Å². The molecule has 0 aliphatic rings. The molecule has 96 valence electrons. The second kappa shape index (κ2) is 5.77. The third-order valence-electron chi connectivity index (χ3n) is 2.73. The predicted octanol–water partition coefficient (Wildman–Crippen LogP) is 3.31. The minimum absolute atomic E-state index is 0.0154. The van der Waals surface area contributed by atoms with Crippen molar-refractivity contribution in [1.82, 2.24) is 0 Å². The van der Waals surface area contributed by atoms with Gasteiger partial charge in [-0.15, -0.1) is 0 Å². The molecule has 1 unspecified atom stereocenters. The topological polar surface area (TPSA) is 40.9 Å². The van der Waals surface area contributed by atoms with Crippen molar-refractivity contribution in [2.75, 3.05) is 0 Å². The third kappa shape index (κ3) is 3.27. The standard InChI is InChI=1S/C15H12FNOS/c1-11-2-5-14(6-3-11)19(18)10-12-4-7-15(16)13(8-12)9-17/h2-8H,10H2,1H3. The summed E-state index contributed by atoms with van der Waals surface area (Å²) in [4.78, 5) is 0.730. The first-order valence-electron chi connectivity index (χ1n) is 5.74. The molecule has 0 aliphatic heterocycles. The Bertz CT molecular complexity index is 659. The number of nitriles is 1. The Morgan fingerprint density at radius 3 is 2.53 bits per heavy atom. The van der Waals surface area contributed by atoms with E-state index in [2.05, 4.69) is 0 Å². The number of halogens is 1. The molecule has 0 fully saturated rings. The van der Waals surface area contributed by atoms with Gasteiger partial charge in [0.1, 0.15) is 11.9 Å². The van der Waals surface area contributed by atoms with Crippen molar-refractivity contribution >= 4 is 10.8 Å². The Morgan fingerprint density at radius 2 is 1.89 bits per heavy atom. The molecule has 1 atom stereocenters. The van der Waals surface area contributed by atoms with Crippen LogP contribution in [0.1, 0.15) is 16.7 Å². The van der Waals surface area contributed by atoms with Gasteiger partial charge < -0.3 is 0 Å². The molecule has 0 spiro atoms. The highest BCUT2D eigenvalue weighted by Gasteiger charge is 2.08. The molecule has 0 bridgehead atoms. The summed E-state index contributed by atoms with van der Waals surface area (Å²) >= 11 is 0. The number of nitrogens with zero attached hydrogens (tertiary/aromatic N) is 1. The summed E-state index contributed by atoms with van der Waals surface area (Å²) in [5, 5.41) is 8.76. The highest BCUT2D eigenvalue weighted by molar-refractivity contribution is 7.84. The molecule has 2 aromatic carbocycles. The van der Waals surface area contributed by atoms with Gasteiger partial charge in [0.2, 0.25) is 0 Å². The third-order valence-corrected chi connectivity index (χ3v) is 4.13. The molecule has 2 rings (SSSR count). The van der Waals surface area contributed by atoms with Gasteiger partial charge in [0.25, 0.3) is 0 Å². The average molecular weight is 273 g/mol. The molecule has 0 heterocycles. The molecule has 0 aliphatic carbocycles. The number of hydrogen-bond acceptors (Lipinski definition) is 2. The van der Waals surface area contributed by atoms with Gasteiger partial charge in [0, 0.05) is 4.90 Å². The molecular formula is C15H12FNOS. The maximum Gasteiger partial charge on any atom is 0.140 e. The van der Waals surface area contributed by atoms with E-state index in [0.29, 0.717) is 5.56 Å². The highest BCUT2D eigenvalue weighted by atomic mass is 32.2. The van der Waals surface area contributed by atoms with Crippen LogP contribution in [0, 0.1) is 24.1 Å². The van der Waals surface area contributed by atoms with Crippen LogP contribution in [0.2, 0.25) is 0 Å². The van der Waals surface area contributed by atoms with Crippen LogP contribution >= 0.6 is 0 Å². The molecule has 0 amide bonds. The molecule has 2 nitrogen and oxygen atoms in total. The van der Waals surface area contributed by atoms with E-state index in [1.807, 2.05) is 31.2 Å². The van der Waals surface area contributed by atoms with Gasteiger partial charge >= 0.3 is 0 Å². The lowest BCUT2D eigenvalue weighted by molar-refractivity contribution is 0.623. The molecule has 0 saturated heterocycles. The number of benzene rings is 2. The van der Waals surface area contributed by atoms with Crippen LogP contribution in [0.4, 0.5) is 4.39 Å². The zero-order chi connectivity index (χ0) is 13.8. The summed E-state index contributed by atoms with van der Waals surface area (Å²) in [5.74, 6) is -0.273. The van der Waals surface area contributed by atoms with E-state index in [1.54, 1.807) is 12.1 Å². The van der Waals surface area contributed by atoms with E-state index < -0.39 is 16.6 Å². The highest BCUT2D eigenvalue weighted by Crippen LogP contribution is 2.15. The van der Waals surface area contributed by atoms with Crippen LogP contribution in [-0.2, 0) is 16.6 Å².